The number of carbonyl (C=O) groups excluding carboxylic acids is 1. The molecular formula is C8H6F4N2O. The Kier molecular flexibility index (Phi) is 2.94. The number of rotatable bonds is 1. The number of amides is 1. The number of hydrazine groups is 1. The first-order valence-electron chi connectivity index (χ1n) is 3.74. The fourth-order valence-electron chi connectivity index (χ4n) is 1.03. The molecule has 3 nitrogen and oxygen atoms in total. The van der Waals surface area contributed by atoms with Crippen molar-refractivity contribution in [2.75, 3.05) is 0 Å². The van der Waals surface area contributed by atoms with Crippen LogP contribution < -0.4 is 11.3 Å². The normalized spacial score (nSPS) is 11.3. The zero-order chi connectivity index (χ0) is 11.6. The molecule has 0 aromatic heterocycles. The van der Waals surface area contributed by atoms with E-state index in [1.54, 1.807) is 0 Å². The fourth-order valence-corrected chi connectivity index (χ4v) is 1.03. The molecule has 0 saturated heterocycles. The van der Waals surface area contributed by atoms with E-state index in [2.05, 4.69) is 5.84 Å². The van der Waals surface area contributed by atoms with Crippen LogP contribution in [0.5, 0.6) is 0 Å². The van der Waals surface area contributed by atoms with Gasteiger partial charge in [-0.05, 0) is 18.2 Å². The maximum Gasteiger partial charge on any atom is 0.417 e. The number of carbonyl (C=O) groups is 1. The first kappa shape index (κ1) is 11.4. The number of hydrogen-bond acceptors (Lipinski definition) is 2. The molecule has 0 heterocycles. The summed E-state index contributed by atoms with van der Waals surface area (Å²) in [5, 5.41) is 0. The Balaban J connectivity index is 3.33. The second kappa shape index (κ2) is 3.85. The van der Waals surface area contributed by atoms with Gasteiger partial charge in [-0.3, -0.25) is 10.2 Å². The Hall–Kier alpha value is -1.63. The van der Waals surface area contributed by atoms with Crippen LogP contribution in [0.25, 0.3) is 0 Å². The molecule has 0 radical (unpaired) electrons. The third kappa shape index (κ3) is 2.44. The highest BCUT2D eigenvalue weighted by Gasteiger charge is 2.35. The number of halogens is 4. The van der Waals surface area contributed by atoms with Crippen LogP contribution in [0.1, 0.15) is 15.9 Å². The van der Waals surface area contributed by atoms with Crippen LogP contribution >= 0.6 is 0 Å². The number of nitrogens with one attached hydrogen (secondary N) is 1. The molecule has 7 heteroatoms. The lowest BCUT2D eigenvalue weighted by Gasteiger charge is -2.11. The van der Waals surface area contributed by atoms with E-state index in [1.165, 1.54) is 5.43 Å². The summed E-state index contributed by atoms with van der Waals surface area (Å²) in [5.41, 5.74) is -0.557. The number of nitrogens with two attached hydrogens (primary N) is 1. The summed E-state index contributed by atoms with van der Waals surface area (Å²) in [6.45, 7) is 0. The Morgan fingerprint density at radius 1 is 1.33 bits per heavy atom. The lowest BCUT2D eigenvalue weighted by molar-refractivity contribution is -0.138. The molecule has 82 valence electrons. The van der Waals surface area contributed by atoms with Crippen molar-refractivity contribution in [3.8, 4) is 0 Å². The van der Waals surface area contributed by atoms with Crippen LogP contribution in [-0.4, -0.2) is 5.91 Å². The van der Waals surface area contributed by atoms with Gasteiger partial charge in [0.05, 0.1) is 11.1 Å². The largest absolute Gasteiger partial charge is 0.417 e. The highest BCUT2D eigenvalue weighted by molar-refractivity contribution is 5.95. The molecule has 1 amide bonds. The SMILES string of the molecule is NNC(=O)c1cc(F)ccc1C(F)(F)F. The van der Waals surface area contributed by atoms with Gasteiger partial charge in [-0.25, -0.2) is 10.2 Å². The molecule has 0 unspecified atom stereocenters. The average Bonchev–Trinajstić information content (AvgIpc) is 2.14. The van der Waals surface area contributed by atoms with Crippen molar-refractivity contribution in [3.05, 3.63) is 35.1 Å². The lowest BCUT2D eigenvalue weighted by atomic mass is 10.1. The minimum absolute atomic E-state index is 0.477. The summed E-state index contributed by atoms with van der Waals surface area (Å²) in [7, 11) is 0. The number of hydrogen-bond donors (Lipinski definition) is 2. The van der Waals surface area contributed by atoms with Gasteiger partial charge in [-0.15, -0.1) is 0 Å². The van der Waals surface area contributed by atoms with E-state index in [0.717, 1.165) is 0 Å². The molecule has 0 atom stereocenters. The fraction of sp³-hybridized carbons (Fsp3) is 0.125. The van der Waals surface area contributed by atoms with Crippen LogP contribution in [0.3, 0.4) is 0 Å². The minimum atomic E-state index is -4.73. The molecule has 15 heavy (non-hydrogen) atoms. The summed E-state index contributed by atoms with van der Waals surface area (Å²) >= 11 is 0. The molecule has 1 aromatic rings. The summed E-state index contributed by atoms with van der Waals surface area (Å²) in [6, 6.07) is 1.58. The third-order valence-electron chi connectivity index (χ3n) is 1.66. The summed E-state index contributed by atoms with van der Waals surface area (Å²) in [5.74, 6) is 2.54. The molecule has 0 saturated carbocycles. The molecule has 0 bridgehead atoms. The zero-order valence-corrected chi connectivity index (χ0v) is 7.23. The van der Waals surface area contributed by atoms with Gasteiger partial charge in [-0.2, -0.15) is 13.2 Å². The highest BCUT2D eigenvalue weighted by atomic mass is 19.4. The zero-order valence-electron chi connectivity index (χ0n) is 7.23. The number of alkyl halides is 3. The third-order valence-corrected chi connectivity index (χ3v) is 1.66. The van der Waals surface area contributed by atoms with Crippen molar-refractivity contribution in [1.82, 2.24) is 5.43 Å². The number of nitrogen functional groups attached to an aromatic ring is 1. The van der Waals surface area contributed by atoms with E-state index in [0.29, 0.717) is 18.2 Å². The van der Waals surface area contributed by atoms with Gasteiger partial charge in [0.1, 0.15) is 5.82 Å². The van der Waals surface area contributed by atoms with Gasteiger partial charge in [0.15, 0.2) is 0 Å². The lowest BCUT2D eigenvalue weighted by Crippen LogP contribution is -2.32. The Morgan fingerprint density at radius 3 is 2.40 bits per heavy atom. The van der Waals surface area contributed by atoms with Crippen molar-refractivity contribution in [2.24, 2.45) is 5.84 Å². The Morgan fingerprint density at radius 2 is 1.93 bits per heavy atom. The van der Waals surface area contributed by atoms with Crippen LogP contribution in [0.15, 0.2) is 18.2 Å². The molecule has 1 aromatic carbocycles. The maximum atomic E-state index is 12.6. The standard InChI is InChI=1S/C8H6F4N2O/c9-4-1-2-6(8(10,11)12)5(3-4)7(15)14-13/h1-3H,13H2,(H,14,15). The van der Waals surface area contributed by atoms with Crippen LogP contribution in [0.2, 0.25) is 0 Å². The predicted molar refractivity (Wildman–Crippen MR) is 43.1 cm³/mol. The van der Waals surface area contributed by atoms with Crippen LogP contribution in [0.4, 0.5) is 17.6 Å². The second-order valence-corrected chi connectivity index (χ2v) is 2.66. The van der Waals surface area contributed by atoms with Crippen molar-refractivity contribution < 1.29 is 22.4 Å². The molecule has 1 rings (SSSR count). The molecular weight excluding hydrogens is 216 g/mol. The van der Waals surface area contributed by atoms with E-state index >= 15 is 0 Å². The molecule has 0 aliphatic heterocycles. The molecule has 0 fully saturated rings. The maximum absolute atomic E-state index is 12.6. The Bertz CT molecular complexity index is 389. The van der Waals surface area contributed by atoms with Crippen LogP contribution in [-0.2, 0) is 6.18 Å². The van der Waals surface area contributed by atoms with Gasteiger partial charge < -0.3 is 0 Å². The minimum Gasteiger partial charge on any atom is -0.290 e. The Labute approximate surface area is 81.8 Å². The van der Waals surface area contributed by atoms with E-state index in [-0.39, 0.29) is 0 Å². The highest BCUT2D eigenvalue weighted by Crippen LogP contribution is 2.32. The summed E-state index contributed by atoms with van der Waals surface area (Å²) in [6.07, 6.45) is -4.73. The van der Waals surface area contributed by atoms with Crippen molar-refractivity contribution in [3.63, 3.8) is 0 Å². The quantitative estimate of drug-likeness (QED) is 0.327. The van der Waals surface area contributed by atoms with E-state index in [9.17, 15) is 22.4 Å². The number of benzene rings is 1. The summed E-state index contributed by atoms with van der Waals surface area (Å²) < 4.78 is 49.6. The van der Waals surface area contributed by atoms with E-state index < -0.39 is 29.0 Å². The van der Waals surface area contributed by atoms with Gasteiger partial charge in [0.25, 0.3) is 5.91 Å². The monoisotopic (exact) mass is 222 g/mol. The van der Waals surface area contributed by atoms with Crippen molar-refractivity contribution in [1.29, 1.82) is 0 Å². The van der Waals surface area contributed by atoms with Crippen LogP contribution in [0, 0.1) is 5.82 Å². The van der Waals surface area contributed by atoms with E-state index in [1.807, 2.05) is 0 Å². The molecule has 0 aliphatic carbocycles. The average molecular weight is 222 g/mol. The molecule has 0 aliphatic rings. The first-order chi connectivity index (χ1) is 6.86. The summed E-state index contributed by atoms with van der Waals surface area (Å²) in [4.78, 5) is 10.9. The predicted octanol–water partition coefficient (Wildman–Crippen LogP) is 1.45. The van der Waals surface area contributed by atoms with Gasteiger partial charge in [0.2, 0.25) is 0 Å². The molecule has 0 spiro atoms. The molecule has 3 N–H and O–H groups in total. The van der Waals surface area contributed by atoms with Gasteiger partial charge in [-0.1, -0.05) is 0 Å². The first-order valence-corrected chi connectivity index (χ1v) is 3.74. The van der Waals surface area contributed by atoms with Gasteiger partial charge >= 0.3 is 6.18 Å². The van der Waals surface area contributed by atoms with Gasteiger partial charge in [0, 0.05) is 0 Å². The van der Waals surface area contributed by atoms with E-state index in [4.69, 9.17) is 0 Å². The second-order valence-electron chi connectivity index (χ2n) is 2.66. The smallest absolute Gasteiger partial charge is 0.290 e. The van der Waals surface area contributed by atoms with Crippen molar-refractivity contribution in [2.45, 2.75) is 6.18 Å². The van der Waals surface area contributed by atoms with Crippen molar-refractivity contribution >= 4 is 5.91 Å². The topological polar surface area (TPSA) is 55.1 Å².